The number of ether oxygens (including phenoxy) is 1. The standard InChI is InChI=1S/C14H19ClN2O/c1-5-9(2)17-13-7-6-11(18-4)8-12(13)16-14(17)10(3)15/h6-10H,5H2,1-4H3. The maximum atomic E-state index is 6.24. The number of nitrogens with zero attached hydrogens (tertiary/aromatic N) is 2. The maximum absolute atomic E-state index is 6.24. The highest BCUT2D eigenvalue weighted by Gasteiger charge is 2.18. The molecule has 1 aromatic heterocycles. The molecule has 2 atom stereocenters. The lowest BCUT2D eigenvalue weighted by molar-refractivity contribution is 0.415. The van der Waals surface area contributed by atoms with E-state index in [1.54, 1.807) is 7.11 Å². The molecule has 3 nitrogen and oxygen atoms in total. The zero-order valence-electron chi connectivity index (χ0n) is 11.3. The number of alkyl halides is 1. The van der Waals surface area contributed by atoms with Crippen molar-refractivity contribution < 1.29 is 4.74 Å². The summed E-state index contributed by atoms with van der Waals surface area (Å²) in [4.78, 5) is 4.64. The third-order valence-corrected chi connectivity index (χ3v) is 3.51. The lowest BCUT2D eigenvalue weighted by Crippen LogP contribution is -2.08. The molecular weight excluding hydrogens is 248 g/mol. The summed E-state index contributed by atoms with van der Waals surface area (Å²) >= 11 is 6.24. The largest absolute Gasteiger partial charge is 0.497 e. The molecule has 0 aliphatic heterocycles. The molecule has 0 aliphatic rings. The van der Waals surface area contributed by atoms with Gasteiger partial charge in [0.25, 0.3) is 0 Å². The van der Waals surface area contributed by atoms with Crippen LogP contribution in [0.15, 0.2) is 18.2 Å². The third-order valence-electron chi connectivity index (χ3n) is 3.31. The highest BCUT2D eigenvalue weighted by molar-refractivity contribution is 6.20. The minimum absolute atomic E-state index is 0.0996. The molecule has 18 heavy (non-hydrogen) atoms. The zero-order valence-corrected chi connectivity index (χ0v) is 12.0. The average Bonchev–Trinajstić information content (AvgIpc) is 2.76. The molecule has 0 N–H and O–H groups in total. The van der Waals surface area contributed by atoms with Crippen LogP contribution < -0.4 is 4.74 Å². The second kappa shape index (κ2) is 5.19. The van der Waals surface area contributed by atoms with Crippen molar-refractivity contribution in [1.29, 1.82) is 0 Å². The summed E-state index contributed by atoms with van der Waals surface area (Å²) < 4.78 is 7.47. The van der Waals surface area contributed by atoms with Crippen molar-refractivity contribution in [3.8, 4) is 5.75 Å². The van der Waals surface area contributed by atoms with Crippen molar-refractivity contribution in [2.45, 2.75) is 38.6 Å². The van der Waals surface area contributed by atoms with E-state index < -0.39 is 0 Å². The van der Waals surface area contributed by atoms with Crippen molar-refractivity contribution >= 4 is 22.6 Å². The first kappa shape index (κ1) is 13.2. The fraction of sp³-hybridized carbons (Fsp3) is 0.500. The molecule has 98 valence electrons. The molecule has 1 aromatic carbocycles. The van der Waals surface area contributed by atoms with Gasteiger partial charge >= 0.3 is 0 Å². The molecule has 0 aliphatic carbocycles. The van der Waals surface area contributed by atoms with Gasteiger partial charge in [-0.05, 0) is 32.4 Å². The van der Waals surface area contributed by atoms with Crippen molar-refractivity contribution in [3.63, 3.8) is 0 Å². The Balaban J connectivity index is 2.67. The van der Waals surface area contributed by atoms with Gasteiger partial charge in [-0.1, -0.05) is 6.92 Å². The monoisotopic (exact) mass is 266 g/mol. The second-order valence-electron chi connectivity index (χ2n) is 4.57. The Morgan fingerprint density at radius 3 is 2.67 bits per heavy atom. The summed E-state index contributed by atoms with van der Waals surface area (Å²) in [6.45, 7) is 6.32. The first-order valence-electron chi connectivity index (χ1n) is 6.28. The van der Waals surface area contributed by atoms with Crippen LogP contribution in [0.4, 0.5) is 0 Å². The fourth-order valence-electron chi connectivity index (χ4n) is 2.15. The predicted molar refractivity (Wildman–Crippen MR) is 75.6 cm³/mol. The minimum Gasteiger partial charge on any atom is -0.497 e. The summed E-state index contributed by atoms with van der Waals surface area (Å²) in [6.07, 6.45) is 1.05. The SMILES string of the molecule is CCC(C)n1c(C(C)Cl)nc2cc(OC)ccc21. The summed E-state index contributed by atoms with van der Waals surface area (Å²) in [7, 11) is 1.66. The van der Waals surface area contributed by atoms with Crippen molar-refractivity contribution in [2.24, 2.45) is 0 Å². The van der Waals surface area contributed by atoms with E-state index in [0.29, 0.717) is 6.04 Å². The van der Waals surface area contributed by atoms with E-state index in [9.17, 15) is 0 Å². The number of hydrogen-bond acceptors (Lipinski definition) is 2. The summed E-state index contributed by atoms with van der Waals surface area (Å²) in [5, 5.41) is -0.0996. The van der Waals surface area contributed by atoms with Gasteiger partial charge in [-0.15, -0.1) is 11.6 Å². The smallest absolute Gasteiger partial charge is 0.127 e. The number of aromatic nitrogens is 2. The first-order valence-corrected chi connectivity index (χ1v) is 6.72. The molecule has 4 heteroatoms. The van der Waals surface area contributed by atoms with Crippen LogP contribution in [0.5, 0.6) is 5.75 Å². The topological polar surface area (TPSA) is 27.1 Å². The Hall–Kier alpha value is -1.22. The van der Waals surface area contributed by atoms with E-state index in [1.807, 2.05) is 19.1 Å². The summed E-state index contributed by atoms with van der Waals surface area (Å²) in [5.74, 6) is 1.75. The molecule has 1 heterocycles. The summed E-state index contributed by atoms with van der Waals surface area (Å²) in [6, 6.07) is 6.36. The number of methoxy groups -OCH3 is 1. The van der Waals surface area contributed by atoms with E-state index in [1.165, 1.54) is 0 Å². The van der Waals surface area contributed by atoms with Crippen LogP contribution in [0.3, 0.4) is 0 Å². The highest BCUT2D eigenvalue weighted by Crippen LogP contribution is 2.30. The molecule has 0 fully saturated rings. The van der Waals surface area contributed by atoms with Gasteiger partial charge in [-0.2, -0.15) is 0 Å². The molecule has 0 spiro atoms. The number of halogens is 1. The van der Waals surface area contributed by atoms with Crippen LogP contribution in [0.1, 0.15) is 44.4 Å². The van der Waals surface area contributed by atoms with Crippen LogP contribution in [-0.2, 0) is 0 Å². The number of hydrogen-bond donors (Lipinski definition) is 0. The third kappa shape index (κ3) is 2.19. The van der Waals surface area contributed by atoms with Crippen LogP contribution >= 0.6 is 11.6 Å². The highest BCUT2D eigenvalue weighted by atomic mass is 35.5. The van der Waals surface area contributed by atoms with Gasteiger partial charge in [-0.3, -0.25) is 0 Å². The van der Waals surface area contributed by atoms with E-state index in [-0.39, 0.29) is 5.38 Å². The van der Waals surface area contributed by atoms with Crippen LogP contribution in [0.2, 0.25) is 0 Å². The van der Waals surface area contributed by atoms with E-state index in [0.717, 1.165) is 29.0 Å². The second-order valence-corrected chi connectivity index (χ2v) is 5.22. The maximum Gasteiger partial charge on any atom is 0.127 e. The van der Waals surface area contributed by atoms with Gasteiger partial charge in [-0.25, -0.2) is 4.98 Å². The van der Waals surface area contributed by atoms with Crippen molar-refractivity contribution in [2.75, 3.05) is 7.11 Å². The van der Waals surface area contributed by atoms with E-state index >= 15 is 0 Å². The van der Waals surface area contributed by atoms with Crippen molar-refractivity contribution in [1.82, 2.24) is 9.55 Å². The van der Waals surface area contributed by atoms with Crippen molar-refractivity contribution in [3.05, 3.63) is 24.0 Å². The van der Waals surface area contributed by atoms with Crippen LogP contribution in [-0.4, -0.2) is 16.7 Å². The van der Waals surface area contributed by atoms with Crippen LogP contribution in [0.25, 0.3) is 11.0 Å². The minimum atomic E-state index is -0.0996. The average molecular weight is 267 g/mol. The lowest BCUT2D eigenvalue weighted by atomic mass is 10.2. The molecule has 2 rings (SSSR count). The van der Waals surface area contributed by atoms with E-state index in [2.05, 4.69) is 29.5 Å². The molecule has 2 unspecified atom stereocenters. The molecule has 2 aromatic rings. The Morgan fingerprint density at radius 2 is 2.11 bits per heavy atom. The van der Waals surface area contributed by atoms with Gasteiger partial charge < -0.3 is 9.30 Å². The predicted octanol–water partition coefficient (Wildman–Crippen LogP) is 4.32. The van der Waals surface area contributed by atoms with E-state index in [4.69, 9.17) is 16.3 Å². The fourth-order valence-corrected chi connectivity index (χ4v) is 2.30. The molecular formula is C14H19ClN2O. The molecule has 0 saturated carbocycles. The molecule has 0 amide bonds. The van der Waals surface area contributed by atoms with Gasteiger partial charge in [0.15, 0.2) is 0 Å². The Kier molecular flexibility index (Phi) is 3.81. The van der Waals surface area contributed by atoms with Gasteiger partial charge in [0.05, 0.1) is 23.5 Å². The number of imidazole rings is 1. The Morgan fingerprint density at radius 1 is 1.39 bits per heavy atom. The van der Waals surface area contributed by atoms with Gasteiger partial charge in [0, 0.05) is 12.1 Å². The van der Waals surface area contributed by atoms with Gasteiger partial charge in [0.2, 0.25) is 0 Å². The molecule has 0 saturated heterocycles. The quantitative estimate of drug-likeness (QED) is 0.771. The Labute approximate surface area is 113 Å². The zero-order chi connectivity index (χ0) is 13.3. The molecule has 0 radical (unpaired) electrons. The summed E-state index contributed by atoms with van der Waals surface area (Å²) in [5.41, 5.74) is 2.06. The number of benzene rings is 1. The lowest BCUT2D eigenvalue weighted by Gasteiger charge is -2.16. The Bertz CT molecular complexity index is 548. The normalized spacial score (nSPS) is 14.7. The van der Waals surface area contributed by atoms with Gasteiger partial charge in [0.1, 0.15) is 11.6 Å². The number of fused-ring (bicyclic) bond motifs is 1. The van der Waals surface area contributed by atoms with Crippen LogP contribution in [0, 0.1) is 0 Å². The number of rotatable bonds is 4. The first-order chi connectivity index (χ1) is 8.58. The molecule has 0 bridgehead atoms.